The number of nitrogens with one attached hydrogen (secondary N) is 1. The zero-order chi connectivity index (χ0) is 14.4. The summed E-state index contributed by atoms with van der Waals surface area (Å²) in [7, 11) is 0. The molecule has 5 heteroatoms. The fraction of sp³-hybridized carbons (Fsp3) is 0.267. The molecule has 0 aliphatic carbocycles. The van der Waals surface area contributed by atoms with E-state index in [0.717, 1.165) is 16.2 Å². The lowest BCUT2D eigenvalue weighted by Crippen LogP contribution is -2.30. The van der Waals surface area contributed by atoms with Gasteiger partial charge in [0.15, 0.2) is 0 Å². The van der Waals surface area contributed by atoms with Gasteiger partial charge in [-0.2, -0.15) is 0 Å². The first-order chi connectivity index (χ1) is 9.69. The van der Waals surface area contributed by atoms with Crippen LogP contribution in [0.25, 0.3) is 0 Å². The third-order valence-electron chi connectivity index (χ3n) is 2.83. The first kappa shape index (κ1) is 14.7. The Bertz CT molecular complexity index is 555. The van der Waals surface area contributed by atoms with Crippen molar-refractivity contribution in [3.63, 3.8) is 0 Å². The van der Waals surface area contributed by atoms with Crippen LogP contribution in [-0.4, -0.2) is 11.2 Å². The molecule has 0 radical (unpaired) electrons. The van der Waals surface area contributed by atoms with E-state index in [0.29, 0.717) is 13.1 Å². The highest BCUT2D eigenvalue weighted by Crippen LogP contribution is 2.24. The van der Waals surface area contributed by atoms with Crippen molar-refractivity contribution in [2.45, 2.75) is 30.2 Å². The lowest BCUT2D eigenvalue weighted by Gasteiger charge is -2.11. The predicted octanol–water partition coefficient (Wildman–Crippen LogP) is 2.54. The molecule has 1 aromatic carbocycles. The number of hydrogen-bond donors (Lipinski definition) is 2. The molecule has 2 rings (SSSR count). The quantitative estimate of drug-likeness (QED) is 0.802. The van der Waals surface area contributed by atoms with E-state index in [-0.39, 0.29) is 11.2 Å². The SMILES string of the molecule is CC(Sc1cccc(CN)c1)C(=O)NCc1ccco1. The van der Waals surface area contributed by atoms with Gasteiger partial charge in [0, 0.05) is 11.4 Å². The molecule has 20 heavy (non-hydrogen) atoms. The van der Waals surface area contributed by atoms with Gasteiger partial charge in [0.2, 0.25) is 5.91 Å². The summed E-state index contributed by atoms with van der Waals surface area (Å²) in [5.74, 6) is 0.741. The molecule has 0 saturated heterocycles. The van der Waals surface area contributed by atoms with Crippen LogP contribution in [0.3, 0.4) is 0 Å². The fourth-order valence-electron chi connectivity index (χ4n) is 1.73. The Kier molecular flexibility index (Phi) is 5.26. The van der Waals surface area contributed by atoms with Crippen molar-refractivity contribution in [2.75, 3.05) is 0 Å². The zero-order valence-electron chi connectivity index (χ0n) is 11.3. The predicted molar refractivity (Wildman–Crippen MR) is 80.2 cm³/mol. The number of nitrogens with two attached hydrogens (primary N) is 1. The maximum absolute atomic E-state index is 12.0. The van der Waals surface area contributed by atoms with Gasteiger partial charge in [-0.3, -0.25) is 4.79 Å². The van der Waals surface area contributed by atoms with E-state index >= 15 is 0 Å². The first-order valence-electron chi connectivity index (χ1n) is 6.45. The summed E-state index contributed by atoms with van der Waals surface area (Å²) < 4.78 is 5.18. The number of carbonyl (C=O) groups excluding carboxylic acids is 1. The van der Waals surface area contributed by atoms with Gasteiger partial charge in [0.25, 0.3) is 0 Å². The van der Waals surface area contributed by atoms with Crippen molar-refractivity contribution in [1.29, 1.82) is 0 Å². The van der Waals surface area contributed by atoms with Crippen LogP contribution in [-0.2, 0) is 17.9 Å². The molecule has 0 aliphatic heterocycles. The lowest BCUT2D eigenvalue weighted by molar-refractivity contribution is -0.120. The van der Waals surface area contributed by atoms with Crippen LogP contribution in [0.1, 0.15) is 18.2 Å². The van der Waals surface area contributed by atoms with Crippen LogP contribution >= 0.6 is 11.8 Å². The van der Waals surface area contributed by atoms with E-state index in [4.69, 9.17) is 10.2 Å². The number of benzene rings is 1. The molecule has 3 N–H and O–H groups in total. The smallest absolute Gasteiger partial charge is 0.233 e. The second-order valence-corrected chi connectivity index (χ2v) is 5.82. The Labute approximate surface area is 122 Å². The minimum absolute atomic E-state index is 0.00967. The van der Waals surface area contributed by atoms with E-state index in [2.05, 4.69) is 5.32 Å². The third-order valence-corrected chi connectivity index (χ3v) is 3.93. The molecule has 0 bridgehead atoms. The summed E-state index contributed by atoms with van der Waals surface area (Å²) in [6, 6.07) is 11.6. The van der Waals surface area contributed by atoms with Crippen molar-refractivity contribution in [3.05, 3.63) is 54.0 Å². The molecule has 4 nitrogen and oxygen atoms in total. The van der Waals surface area contributed by atoms with E-state index in [1.165, 1.54) is 11.8 Å². The Morgan fingerprint density at radius 2 is 2.25 bits per heavy atom. The topological polar surface area (TPSA) is 68.3 Å². The Balaban J connectivity index is 1.86. The molecule has 2 aromatic rings. The van der Waals surface area contributed by atoms with Crippen LogP contribution in [0.5, 0.6) is 0 Å². The second-order valence-electron chi connectivity index (χ2n) is 4.41. The molecule has 0 spiro atoms. The molecule has 1 aromatic heterocycles. The van der Waals surface area contributed by atoms with Crippen molar-refractivity contribution < 1.29 is 9.21 Å². The molecular weight excluding hydrogens is 272 g/mol. The largest absolute Gasteiger partial charge is 0.467 e. The highest BCUT2D eigenvalue weighted by atomic mass is 32.2. The highest BCUT2D eigenvalue weighted by molar-refractivity contribution is 8.00. The summed E-state index contributed by atoms with van der Waals surface area (Å²) in [5.41, 5.74) is 6.68. The van der Waals surface area contributed by atoms with Crippen LogP contribution in [0.4, 0.5) is 0 Å². The maximum Gasteiger partial charge on any atom is 0.233 e. The lowest BCUT2D eigenvalue weighted by atomic mass is 10.2. The molecule has 0 saturated carbocycles. The Morgan fingerprint density at radius 3 is 2.95 bits per heavy atom. The highest BCUT2D eigenvalue weighted by Gasteiger charge is 2.14. The maximum atomic E-state index is 12.0. The third kappa shape index (κ3) is 4.15. The molecule has 0 fully saturated rings. The summed E-state index contributed by atoms with van der Waals surface area (Å²) in [5, 5.41) is 2.69. The number of hydrogen-bond acceptors (Lipinski definition) is 4. The van der Waals surface area contributed by atoms with Crippen molar-refractivity contribution in [1.82, 2.24) is 5.32 Å². The first-order valence-corrected chi connectivity index (χ1v) is 7.33. The van der Waals surface area contributed by atoms with E-state index in [9.17, 15) is 4.79 Å². The van der Waals surface area contributed by atoms with Gasteiger partial charge in [-0.25, -0.2) is 0 Å². The standard InChI is InChI=1S/C15H18N2O2S/c1-11(15(18)17-10-13-5-3-7-19-13)20-14-6-2-4-12(8-14)9-16/h2-8,11H,9-10,16H2,1H3,(H,17,18). The second kappa shape index (κ2) is 7.17. The van der Waals surface area contributed by atoms with Gasteiger partial charge >= 0.3 is 0 Å². The van der Waals surface area contributed by atoms with Gasteiger partial charge in [-0.05, 0) is 36.8 Å². The summed E-state index contributed by atoms with van der Waals surface area (Å²) >= 11 is 1.52. The Morgan fingerprint density at radius 1 is 1.40 bits per heavy atom. The molecule has 1 atom stereocenters. The number of carbonyl (C=O) groups is 1. The number of amides is 1. The van der Waals surface area contributed by atoms with Crippen LogP contribution in [0, 0.1) is 0 Å². The minimum atomic E-state index is -0.169. The van der Waals surface area contributed by atoms with Gasteiger partial charge in [0.1, 0.15) is 5.76 Å². The minimum Gasteiger partial charge on any atom is -0.467 e. The molecular formula is C15H18N2O2S. The summed E-state index contributed by atoms with van der Waals surface area (Å²) in [6.45, 7) is 2.81. The van der Waals surface area contributed by atoms with Crippen LogP contribution in [0.2, 0.25) is 0 Å². The van der Waals surface area contributed by atoms with E-state index in [1.807, 2.05) is 37.3 Å². The Hall–Kier alpha value is -1.72. The average molecular weight is 290 g/mol. The number of furan rings is 1. The molecule has 0 aliphatic rings. The number of thioether (sulfide) groups is 1. The number of rotatable bonds is 6. The van der Waals surface area contributed by atoms with Crippen molar-refractivity contribution in [2.24, 2.45) is 5.73 Å². The van der Waals surface area contributed by atoms with Gasteiger partial charge in [0.05, 0.1) is 18.1 Å². The monoisotopic (exact) mass is 290 g/mol. The summed E-state index contributed by atoms with van der Waals surface area (Å²) in [4.78, 5) is 13.0. The van der Waals surface area contributed by atoms with E-state index in [1.54, 1.807) is 12.3 Å². The average Bonchev–Trinajstić information content (AvgIpc) is 2.98. The van der Waals surface area contributed by atoms with Gasteiger partial charge in [-0.15, -0.1) is 11.8 Å². The molecule has 1 heterocycles. The molecule has 106 valence electrons. The molecule has 1 unspecified atom stereocenters. The normalized spacial score (nSPS) is 12.1. The fourth-order valence-corrected chi connectivity index (χ4v) is 2.71. The van der Waals surface area contributed by atoms with Crippen LogP contribution in [0.15, 0.2) is 52.0 Å². The summed E-state index contributed by atoms with van der Waals surface area (Å²) in [6.07, 6.45) is 1.60. The van der Waals surface area contributed by atoms with Crippen molar-refractivity contribution >= 4 is 17.7 Å². The van der Waals surface area contributed by atoms with Gasteiger partial charge < -0.3 is 15.5 Å². The zero-order valence-corrected chi connectivity index (χ0v) is 12.2. The molecule has 1 amide bonds. The van der Waals surface area contributed by atoms with E-state index < -0.39 is 0 Å². The van der Waals surface area contributed by atoms with Crippen molar-refractivity contribution in [3.8, 4) is 0 Å². The van der Waals surface area contributed by atoms with Gasteiger partial charge in [-0.1, -0.05) is 12.1 Å². The van der Waals surface area contributed by atoms with Crippen LogP contribution < -0.4 is 11.1 Å².